The molecular weight excluding hydrogens is 470 g/mol. The number of carbonyl (C=O) groups is 1. The highest BCUT2D eigenvalue weighted by molar-refractivity contribution is 5.79. The van der Waals surface area contributed by atoms with Gasteiger partial charge < -0.3 is 31.1 Å². The normalized spacial score (nSPS) is 13.2. The van der Waals surface area contributed by atoms with Gasteiger partial charge in [0.1, 0.15) is 17.5 Å². The molecule has 1 unspecified atom stereocenters. The third-order valence-electron chi connectivity index (χ3n) is 6.15. The lowest BCUT2D eigenvalue weighted by atomic mass is 9.93. The average Bonchev–Trinajstić information content (AvgIpc) is 2.87. The van der Waals surface area contributed by atoms with Gasteiger partial charge in [0.2, 0.25) is 5.91 Å². The fourth-order valence-corrected chi connectivity index (χ4v) is 4.24. The summed E-state index contributed by atoms with van der Waals surface area (Å²) >= 11 is 0. The van der Waals surface area contributed by atoms with Gasteiger partial charge in [0.25, 0.3) is 0 Å². The number of benzene rings is 2. The van der Waals surface area contributed by atoms with Crippen molar-refractivity contribution in [3.05, 3.63) is 94.8 Å². The number of aromatic hydroxyl groups is 1. The number of aliphatic hydroxyl groups excluding tert-OH is 3. The van der Waals surface area contributed by atoms with Gasteiger partial charge >= 0.3 is 0 Å². The molecule has 0 aliphatic rings. The maximum Gasteiger partial charge on any atom is 0.224 e. The van der Waals surface area contributed by atoms with E-state index >= 15 is 0 Å². The SMILES string of the molecule is CC(C)(Cc1cccc(CC(=O)N[C@@H](CO)Cc2ccccc2)c1)NCC(O)c1ccc(O)c(CO)n1. The Morgan fingerprint density at radius 3 is 2.38 bits per heavy atom. The highest BCUT2D eigenvalue weighted by Crippen LogP contribution is 2.20. The van der Waals surface area contributed by atoms with E-state index in [1.807, 2.05) is 68.4 Å². The molecule has 0 fully saturated rings. The second-order valence-electron chi connectivity index (χ2n) is 9.95. The lowest BCUT2D eigenvalue weighted by Crippen LogP contribution is -2.43. The highest BCUT2D eigenvalue weighted by Gasteiger charge is 2.21. The van der Waals surface area contributed by atoms with Crippen LogP contribution >= 0.6 is 0 Å². The molecule has 2 atom stereocenters. The number of aliphatic hydroxyl groups is 3. The number of carbonyl (C=O) groups excluding carboxylic acids is 1. The van der Waals surface area contributed by atoms with Crippen molar-refractivity contribution in [1.29, 1.82) is 0 Å². The zero-order chi connectivity index (χ0) is 26.8. The number of hydrogen-bond donors (Lipinski definition) is 6. The molecule has 8 nitrogen and oxygen atoms in total. The summed E-state index contributed by atoms with van der Waals surface area (Å²) in [6.45, 7) is 3.75. The van der Waals surface area contributed by atoms with Crippen molar-refractivity contribution in [3.8, 4) is 5.75 Å². The molecule has 8 heteroatoms. The van der Waals surface area contributed by atoms with Crippen molar-refractivity contribution < 1.29 is 25.2 Å². The first-order valence-electron chi connectivity index (χ1n) is 12.4. The summed E-state index contributed by atoms with van der Waals surface area (Å²) in [4.78, 5) is 16.8. The summed E-state index contributed by atoms with van der Waals surface area (Å²) in [6.07, 6.45) is 0.532. The summed E-state index contributed by atoms with van der Waals surface area (Å²) in [5.41, 5.74) is 3.11. The Hall–Kier alpha value is -3.30. The van der Waals surface area contributed by atoms with Crippen LogP contribution in [0.15, 0.2) is 66.7 Å². The molecule has 37 heavy (non-hydrogen) atoms. The molecule has 3 rings (SSSR count). The average molecular weight is 508 g/mol. The molecule has 0 aliphatic carbocycles. The number of β-amino-alcohol motifs (C(OH)–C–C–N with tert-alkyl or cyclic N) is 1. The largest absolute Gasteiger partial charge is 0.506 e. The topological polar surface area (TPSA) is 135 Å². The van der Waals surface area contributed by atoms with Crippen molar-refractivity contribution in [2.75, 3.05) is 13.2 Å². The summed E-state index contributed by atoms with van der Waals surface area (Å²) < 4.78 is 0. The number of pyridine rings is 1. The molecule has 0 aliphatic heterocycles. The minimum Gasteiger partial charge on any atom is -0.506 e. The van der Waals surface area contributed by atoms with Gasteiger partial charge in [-0.15, -0.1) is 0 Å². The number of nitrogens with one attached hydrogen (secondary N) is 2. The first kappa shape index (κ1) is 28.3. The summed E-state index contributed by atoms with van der Waals surface area (Å²) in [6, 6.07) is 20.2. The van der Waals surface area contributed by atoms with Crippen LogP contribution in [0.25, 0.3) is 0 Å². The van der Waals surface area contributed by atoms with Crippen LogP contribution in [-0.4, -0.2) is 56.0 Å². The van der Waals surface area contributed by atoms with Crippen molar-refractivity contribution in [2.24, 2.45) is 0 Å². The maximum absolute atomic E-state index is 12.6. The van der Waals surface area contributed by atoms with E-state index in [4.69, 9.17) is 0 Å². The Labute approximate surface area is 218 Å². The summed E-state index contributed by atoms with van der Waals surface area (Å²) in [5, 5.41) is 45.5. The molecule has 198 valence electrons. The molecule has 0 bridgehead atoms. The molecular formula is C29H37N3O5. The third-order valence-corrected chi connectivity index (χ3v) is 6.15. The number of rotatable bonds is 13. The molecule has 6 N–H and O–H groups in total. The Bertz CT molecular complexity index is 1150. The second-order valence-corrected chi connectivity index (χ2v) is 9.95. The Balaban J connectivity index is 1.54. The van der Waals surface area contributed by atoms with E-state index in [9.17, 15) is 25.2 Å². The zero-order valence-corrected chi connectivity index (χ0v) is 21.4. The van der Waals surface area contributed by atoms with Gasteiger partial charge in [-0.3, -0.25) is 4.79 Å². The number of aromatic nitrogens is 1. The lowest BCUT2D eigenvalue weighted by Gasteiger charge is -2.28. The first-order chi connectivity index (χ1) is 17.7. The maximum atomic E-state index is 12.6. The third kappa shape index (κ3) is 8.94. The number of hydrogen-bond acceptors (Lipinski definition) is 7. The molecule has 1 heterocycles. The van der Waals surface area contributed by atoms with E-state index in [0.717, 1.165) is 16.7 Å². The molecule has 1 amide bonds. The van der Waals surface area contributed by atoms with Crippen molar-refractivity contribution >= 4 is 5.91 Å². The molecule has 2 aromatic carbocycles. The molecule has 0 spiro atoms. The van der Waals surface area contributed by atoms with Gasteiger partial charge in [-0.1, -0.05) is 54.6 Å². The standard InChI is InChI=1S/C29H37N3O5/c1-29(2,30-17-27(36)24-11-12-26(35)25(19-34)32-24)16-22-10-6-9-21(13-22)15-28(37)31-23(18-33)14-20-7-4-3-5-8-20/h3-13,23,27,30,33-36H,14-19H2,1-2H3,(H,31,37)/t23-,27?/m1/s1. The molecule has 0 saturated heterocycles. The van der Waals surface area contributed by atoms with Gasteiger partial charge in [0, 0.05) is 12.1 Å². The Kier molecular flexibility index (Phi) is 10.2. The van der Waals surface area contributed by atoms with Crippen LogP contribution in [0.4, 0.5) is 0 Å². The highest BCUT2D eigenvalue weighted by atomic mass is 16.3. The van der Waals surface area contributed by atoms with E-state index in [1.165, 1.54) is 12.1 Å². The van der Waals surface area contributed by atoms with Crippen LogP contribution in [0.5, 0.6) is 5.75 Å². The number of amides is 1. The zero-order valence-electron chi connectivity index (χ0n) is 21.4. The quantitative estimate of drug-likeness (QED) is 0.209. The Morgan fingerprint density at radius 1 is 0.973 bits per heavy atom. The van der Waals surface area contributed by atoms with E-state index in [2.05, 4.69) is 15.6 Å². The van der Waals surface area contributed by atoms with Gasteiger partial charge in [-0.25, -0.2) is 4.98 Å². The minimum atomic E-state index is -0.907. The van der Waals surface area contributed by atoms with Gasteiger partial charge in [0.15, 0.2) is 0 Å². The van der Waals surface area contributed by atoms with Gasteiger partial charge in [-0.05, 0) is 55.5 Å². The fraction of sp³-hybridized carbons (Fsp3) is 0.379. The van der Waals surface area contributed by atoms with Crippen LogP contribution < -0.4 is 10.6 Å². The van der Waals surface area contributed by atoms with Crippen molar-refractivity contribution in [1.82, 2.24) is 15.6 Å². The van der Waals surface area contributed by atoms with Crippen LogP contribution in [0.1, 0.15) is 48.0 Å². The number of nitrogens with zero attached hydrogens (tertiary/aromatic N) is 1. The summed E-state index contributed by atoms with van der Waals surface area (Å²) in [7, 11) is 0. The van der Waals surface area contributed by atoms with E-state index in [-0.39, 0.29) is 48.5 Å². The van der Waals surface area contributed by atoms with Crippen LogP contribution in [0.3, 0.4) is 0 Å². The smallest absolute Gasteiger partial charge is 0.224 e. The van der Waals surface area contributed by atoms with Crippen molar-refractivity contribution in [2.45, 2.75) is 57.4 Å². The van der Waals surface area contributed by atoms with Crippen LogP contribution in [0.2, 0.25) is 0 Å². The van der Waals surface area contributed by atoms with E-state index in [0.29, 0.717) is 18.5 Å². The minimum absolute atomic E-state index is 0.108. The summed E-state index contributed by atoms with van der Waals surface area (Å²) in [5.74, 6) is -0.250. The Morgan fingerprint density at radius 2 is 1.68 bits per heavy atom. The van der Waals surface area contributed by atoms with Crippen LogP contribution in [-0.2, 0) is 30.7 Å². The monoisotopic (exact) mass is 507 g/mol. The first-order valence-corrected chi connectivity index (χ1v) is 12.4. The van der Waals surface area contributed by atoms with Crippen LogP contribution in [0, 0.1) is 0 Å². The molecule has 0 saturated carbocycles. The van der Waals surface area contributed by atoms with Gasteiger partial charge in [0.05, 0.1) is 31.4 Å². The fourth-order valence-electron chi connectivity index (χ4n) is 4.24. The molecule has 3 aromatic rings. The predicted molar refractivity (Wildman–Crippen MR) is 142 cm³/mol. The molecule has 0 radical (unpaired) electrons. The van der Waals surface area contributed by atoms with Gasteiger partial charge in [-0.2, -0.15) is 0 Å². The van der Waals surface area contributed by atoms with Crippen molar-refractivity contribution in [3.63, 3.8) is 0 Å². The van der Waals surface area contributed by atoms with E-state index in [1.54, 1.807) is 0 Å². The second kappa shape index (κ2) is 13.3. The molecule has 1 aromatic heterocycles. The lowest BCUT2D eigenvalue weighted by molar-refractivity contribution is -0.121. The predicted octanol–water partition coefficient (Wildman–Crippen LogP) is 2.19. The van der Waals surface area contributed by atoms with E-state index < -0.39 is 12.7 Å².